The Hall–Kier alpha value is -2.01. The molecule has 0 amide bonds. The highest BCUT2D eigenvalue weighted by molar-refractivity contribution is 5.55. The van der Waals surface area contributed by atoms with Gasteiger partial charge in [-0.05, 0) is 37.7 Å². The number of H-pyrrole nitrogens is 1. The monoisotopic (exact) mass is 247 g/mol. The highest BCUT2D eigenvalue weighted by atomic mass is 19.1. The molecule has 4 nitrogen and oxygen atoms in total. The Morgan fingerprint density at radius 3 is 2.78 bits per heavy atom. The molecule has 18 heavy (non-hydrogen) atoms. The summed E-state index contributed by atoms with van der Waals surface area (Å²) in [5.41, 5.74) is 1.69. The molecule has 0 aliphatic carbocycles. The second-order valence-corrected chi connectivity index (χ2v) is 4.13. The van der Waals surface area contributed by atoms with Crippen LogP contribution in [0.5, 0.6) is 0 Å². The zero-order valence-corrected chi connectivity index (χ0v) is 10.2. The molecule has 1 aromatic heterocycles. The van der Waals surface area contributed by atoms with Crippen molar-refractivity contribution in [2.45, 2.75) is 13.5 Å². The third kappa shape index (κ3) is 2.62. The number of nitrogens with zero attached hydrogens (tertiary/aromatic N) is 1. The molecule has 0 saturated carbocycles. The molecule has 94 valence electrons. The van der Waals surface area contributed by atoms with E-state index >= 15 is 0 Å². The van der Waals surface area contributed by atoms with Crippen LogP contribution in [0.25, 0.3) is 11.4 Å². The normalized spacial score (nSPS) is 10.6. The summed E-state index contributed by atoms with van der Waals surface area (Å²) < 4.78 is 13.3. The summed E-state index contributed by atoms with van der Waals surface area (Å²) in [6.45, 7) is 2.24. The molecule has 0 aliphatic heterocycles. The lowest BCUT2D eigenvalue weighted by molar-refractivity contribution is 0.627. The smallest absolute Gasteiger partial charge is 0.255 e. The topological polar surface area (TPSA) is 57.8 Å². The van der Waals surface area contributed by atoms with Gasteiger partial charge in [0.05, 0.1) is 0 Å². The van der Waals surface area contributed by atoms with E-state index in [0.717, 1.165) is 5.56 Å². The molecule has 0 bridgehead atoms. The molecule has 0 aliphatic rings. The number of benzene rings is 1. The van der Waals surface area contributed by atoms with E-state index in [-0.39, 0.29) is 11.4 Å². The van der Waals surface area contributed by atoms with Crippen LogP contribution in [-0.2, 0) is 6.54 Å². The molecule has 1 aromatic carbocycles. The van der Waals surface area contributed by atoms with E-state index < -0.39 is 0 Å². The average Bonchev–Trinajstić information content (AvgIpc) is 2.30. The summed E-state index contributed by atoms with van der Waals surface area (Å²) in [5, 5.41) is 2.88. The fraction of sp³-hybridized carbons (Fsp3) is 0.231. The van der Waals surface area contributed by atoms with Crippen LogP contribution in [0.4, 0.5) is 4.39 Å². The summed E-state index contributed by atoms with van der Waals surface area (Å²) >= 11 is 0. The number of hydrogen-bond acceptors (Lipinski definition) is 3. The number of rotatable bonds is 3. The maximum Gasteiger partial charge on any atom is 0.255 e. The van der Waals surface area contributed by atoms with Crippen molar-refractivity contribution in [3.63, 3.8) is 0 Å². The molecule has 0 unspecified atom stereocenters. The van der Waals surface area contributed by atoms with Crippen LogP contribution in [0.3, 0.4) is 0 Å². The lowest BCUT2D eigenvalue weighted by Crippen LogP contribution is -2.19. The SMILES string of the molecule is CNCc1cnc(-c2cc(C)cc(F)c2)[nH]c1=O. The van der Waals surface area contributed by atoms with Gasteiger partial charge >= 0.3 is 0 Å². The number of hydrogen-bond donors (Lipinski definition) is 2. The minimum absolute atomic E-state index is 0.212. The molecular formula is C13H14FN3O. The molecular weight excluding hydrogens is 233 g/mol. The fourth-order valence-electron chi connectivity index (χ4n) is 1.76. The van der Waals surface area contributed by atoms with E-state index in [9.17, 15) is 9.18 Å². The average molecular weight is 247 g/mol. The van der Waals surface area contributed by atoms with Crippen LogP contribution in [0, 0.1) is 12.7 Å². The third-order valence-corrected chi connectivity index (χ3v) is 2.56. The molecule has 2 aromatic rings. The van der Waals surface area contributed by atoms with Crippen molar-refractivity contribution < 1.29 is 4.39 Å². The minimum atomic E-state index is -0.341. The van der Waals surface area contributed by atoms with Gasteiger partial charge in [-0.15, -0.1) is 0 Å². The zero-order valence-electron chi connectivity index (χ0n) is 10.2. The Labute approximate surface area is 104 Å². The highest BCUT2D eigenvalue weighted by Gasteiger charge is 2.06. The van der Waals surface area contributed by atoms with Crippen LogP contribution in [0.2, 0.25) is 0 Å². The van der Waals surface area contributed by atoms with Gasteiger partial charge in [0.15, 0.2) is 0 Å². The lowest BCUT2D eigenvalue weighted by atomic mass is 10.1. The van der Waals surface area contributed by atoms with Crippen molar-refractivity contribution in [1.29, 1.82) is 0 Å². The Kier molecular flexibility index (Phi) is 3.53. The van der Waals surface area contributed by atoms with Crippen LogP contribution in [-0.4, -0.2) is 17.0 Å². The maximum absolute atomic E-state index is 13.3. The second-order valence-electron chi connectivity index (χ2n) is 4.13. The predicted octanol–water partition coefficient (Wildman–Crippen LogP) is 1.60. The van der Waals surface area contributed by atoms with Crippen LogP contribution >= 0.6 is 0 Å². The Morgan fingerprint density at radius 2 is 2.17 bits per heavy atom. The first-order chi connectivity index (χ1) is 8.60. The van der Waals surface area contributed by atoms with Gasteiger partial charge in [-0.3, -0.25) is 4.79 Å². The first kappa shape index (κ1) is 12.4. The molecule has 2 rings (SSSR count). The Morgan fingerprint density at radius 1 is 1.39 bits per heavy atom. The molecule has 0 atom stereocenters. The van der Waals surface area contributed by atoms with E-state index in [4.69, 9.17) is 0 Å². The number of aromatic nitrogens is 2. The van der Waals surface area contributed by atoms with Gasteiger partial charge in [-0.25, -0.2) is 9.37 Å². The van der Waals surface area contributed by atoms with Crippen molar-refractivity contribution in [1.82, 2.24) is 15.3 Å². The third-order valence-electron chi connectivity index (χ3n) is 2.56. The largest absolute Gasteiger partial charge is 0.315 e. The predicted molar refractivity (Wildman–Crippen MR) is 67.8 cm³/mol. The van der Waals surface area contributed by atoms with E-state index in [1.54, 1.807) is 20.0 Å². The van der Waals surface area contributed by atoms with Crippen LogP contribution in [0.1, 0.15) is 11.1 Å². The van der Waals surface area contributed by atoms with Crippen molar-refractivity contribution in [2.24, 2.45) is 0 Å². The number of aromatic amines is 1. The van der Waals surface area contributed by atoms with Gasteiger partial charge in [-0.2, -0.15) is 0 Å². The highest BCUT2D eigenvalue weighted by Crippen LogP contribution is 2.17. The van der Waals surface area contributed by atoms with Crippen molar-refractivity contribution in [2.75, 3.05) is 7.05 Å². The van der Waals surface area contributed by atoms with Gasteiger partial charge in [0.25, 0.3) is 5.56 Å². The van der Waals surface area contributed by atoms with Gasteiger partial charge in [-0.1, -0.05) is 0 Å². The van der Waals surface area contributed by atoms with Gasteiger partial charge in [0, 0.05) is 23.9 Å². The summed E-state index contributed by atoms with van der Waals surface area (Å²) in [4.78, 5) is 18.6. The number of nitrogens with one attached hydrogen (secondary N) is 2. The molecule has 1 heterocycles. The van der Waals surface area contributed by atoms with Crippen molar-refractivity contribution in [3.05, 3.63) is 51.7 Å². The first-order valence-electron chi connectivity index (χ1n) is 5.60. The number of halogens is 1. The van der Waals surface area contributed by atoms with Crippen molar-refractivity contribution in [3.8, 4) is 11.4 Å². The van der Waals surface area contributed by atoms with E-state index in [2.05, 4.69) is 15.3 Å². The molecule has 0 radical (unpaired) electrons. The van der Waals surface area contributed by atoms with Crippen molar-refractivity contribution >= 4 is 0 Å². The van der Waals surface area contributed by atoms with Gasteiger partial charge < -0.3 is 10.3 Å². The zero-order chi connectivity index (χ0) is 13.1. The van der Waals surface area contributed by atoms with Crippen LogP contribution in [0.15, 0.2) is 29.2 Å². The Bertz CT molecular complexity index is 602. The van der Waals surface area contributed by atoms with Gasteiger partial charge in [0.2, 0.25) is 0 Å². The molecule has 5 heteroatoms. The first-order valence-corrected chi connectivity index (χ1v) is 5.60. The second kappa shape index (κ2) is 5.10. The summed E-state index contributed by atoms with van der Waals surface area (Å²) in [5.74, 6) is 0.0365. The quantitative estimate of drug-likeness (QED) is 0.866. The lowest BCUT2D eigenvalue weighted by Gasteiger charge is -2.04. The van der Waals surface area contributed by atoms with E-state index in [0.29, 0.717) is 23.5 Å². The summed E-state index contributed by atoms with van der Waals surface area (Å²) in [6.07, 6.45) is 1.50. The Balaban J connectivity index is 2.45. The summed E-state index contributed by atoms with van der Waals surface area (Å²) in [7, 11) is 1.75. The van der Waals surface area contributed by atoms with Crippen LogP contribution < -0.4 is 10.9 Å². The van der Waals surface area contributed by atoms with E-state index in [1.165, 1.54) is 18.3 Å². The number of aryl methyl sites for hydroxylation is 1. The molecule has 0 spiro atoms. The fourth-order valence-corrected chi connectivity index (χ4v) is 1.76. The molecule has 2 N–H and O–H groups in total. The van der Waals surface area contributed by atoms with E-state index in [1.807, 2.05) is 0 Å². The standard InChI is InChI=1S/C13H14FN3O/c1-8-3-9(5-11(14)4-8)12-16-7-10(6-15-2)13(18)17-12/h3-5,7,15H,6H2,1-2H3,(H,16,17,18). The van der Waals surface area contributed by atoms with Gasteiger partial charge in [0.1, 0.15) is 11.6 Å². The molecule has 0 saturated heterocycles. The maximum atomic E-state index is 13.3. The summed E-state index contributed by atoms with van der Waals surface area (Å²) in [6, 6.07) is 4.55. The minimum Gasteiger partial charge on any atom is -0.315 e. The molecule has 0 fully saturated rings.